The maximum absolute atomic E-state index is 9.28. The molecule has 1 saturated heterocycles. The molecule has 70 valence electrons. The molecule has 1 rings (SSSR count). The quantitative estimate of drug-likeness (QED) is 0.603. The molecule has 12 heavy (non-hydrogen) atoms. The fourth-order valence-electron chi connectivity index (χ4n) is 1.55. The third kappa shape index (κ3) is 1.86. The first kappa shape index (κ1) is 9.71. The zero-order chi connectivity index (χ0) is 9.14. The van der Waals surface area contributed by atoms with Crippen molar-refractivity contribution in [2.24, 2.45) is 5.92 Å². The van der Waals surface area contributed by atoms with Gasteiger partial charge in [-0.25, -0.2) is 0 Å². The van der Waals surface area contributed by atoms with Crippen molar-refractivity contribution in [2.45, 2.75) is 31.7 Å². The van der Waals surface area contributed by atoms with E-state index in [1.54, 1.807) is 6.08 Å². The van der Waals surface area contributed by atoms with E-state index in [2.05, 4.69) is 13.5 Å². The highest BCUT2D eigenvalue weighted by molar-refractivity contribution is 4.92. The molecule has 0 aromatic carbocycles. The van der Waals surface area contributed by atoms with Crippen molar-refractivity contribution >= 4 is 0 Å². The van der Waals surface area contributed by atoms with E-state index in [-0.39, 0.29) is 18.8 Å². The molecule has 0 saturated carbocycles. The lowest BCUT2D eigenvalue weighted by Crippen LogP contribution is -2.29. The molecule has 0 amide bonds. The zero-order valence-electron chi connectivity index (χ0n) is 7.31. The van der Waals surface area contributed by atoms with Crippen LogP contribution in [-0.4, -0.2) is 35.1 Å². The van der Waals surface area contributed by atoms with Gasteiger partial charge >= 0.3 is 0 Å². The van der Waals surface area contributed by atoms with Crippen molar-refractivity contribution in [1.82, 2.24) is 0 Å². The highest BCUT2D eigenvalue weighted by atomic mass is 16.5. The van der Waals surface area contributed by atoms with Crippen LogP contribution in [-0.2, 0) is 4.74 Å². The monoisotopic (exact) mass is 172 g/mol. The van der Waals surface area contributed by atoms with Gasteiger partial charge in [0.25, 0.3) is 0 Å². The molecule has 0 spiro atoms. The Hall–Kier alpha value is -0.380. The fourth-order valence-corrected chi connectivity index (χ4v) is 1.55. The third-order valence-electron chi connectivity index (χ3n) is 2.35. The fraction of sp³-hybridized carbons (Fsp3) is 0.778. The van der Waals surface area contributed by atoms with E-state index in [9.17, 15) is 5.11 Å². The number of rotatable bonds is 3. The summed E-state index contributed by atoms with van der Waals surface area (Å²) in [6.45, 7) is 5.46. The summed E-state index contributed by atoms with van der Waals surface area (Å²) in [4.78, 5) is 0. The molecule has 0 aromatic rings. The minimum Gasteiger partial charge on any atom is -0.394 e. The van der Waals surface area contributed by atoms with Crippen LogP contribution in [0.4, 0.5) is 0 Å². The second kappa shape index (κ2) is 4.03. The number of ether oxygens (including phenoxy) is 1. The highest BCUT2D eigenvalue weighted by Crippen LogP contribution is 2.28. The van der Waals surface area contributed by atoms with Gasteiger partial charge in [0.05, 0.1) is 18.8 Å². The van der Waals surface area contributed by atoms with Crippen LogP contribution in [0.5, 0.6) is 0 Å². The van der Waals surface area contributed by atoms with E-state index in [0.717, 1.165) is 6.42 Å². The van der Waals surface area contributed by atoms with Crippen molar-refractivity contribution in [3.8, 4) is 0 Å². The minimum atomic E-state index is -0.752. The van der Waals surface area contributed by atoms with E-state index >= 15 is 0 Å². The van der Waals surface area contributed by atoms with Crippen LogP contribution in [0.2, 0.25) is 0 Å². The van der Waals surface area contributed by atoms with Crippen LogP contribution >= 0.6 is 0 Å². The largest absolute Gasteiger partial charge is 0.394 e. The van der Waals surface area contributed by atoms with E-state index in [0.29, 0.717) is 5.92 Å². The van der Waals surface area contributed by atoms with E-state index < -0.39 is 6.10 Å². The molecule has 1 aliphatic rings. The second-order valence-corrected chi connectivity index (χ2v) is 3.34. The SMILES string of the molecule is C=CC1OC(C(O)CO)CC1C. The van der Waals surface area contributed by atoms with E-state index in [1.165, 1.54) is 0 Å². The average molecular weight is 172 g/mol. The smallest absolute Gasteiger partial charge is 0.103 e. The van der Waals surface area contributed by atoms with Gasteiger partial charge in [-0.1, -0.05) is 13.0 Å². The summed E-state index contributed by atoms with van der Waals surface area (Å²) >= 11 is 0. The van der Waals surface area contributed by atoms with Crippen LogP contribution in [0.25, 0.3) is 0 Å². The summed E-state index contributed by atoms with van der Waals surface area (Å²) in [7, 11) is 0. The van der Waals surface area contributed by atoms with Gasteiger partial charge in [0.15, 0.2) is 0 Å². The van der Waals surface area contributed by atoms with E-state index in [4.69, 9.17) is 9.84 Å². The van der Waals surface area contributed by atoms with Crippen LogP contribution in [0, 0.1) is 5.92 Å². The standard InChI is InChI=1S/C9H16O3/c1-3-8-6(2)4-9(12-8)7(11)5-10/h3,6-11H,1,4-5H2,2H3. The molecule has 0 radical (unpaired) electrons. The summed E-state index contributed by atoms with van der Waals surface area (Å²) < 4.78 is 5.45. The summed E-state index contributed by atoms with van der Waals surface area (Å²) in [5.41, 5.74) is 0. The maximum Gasteiger partial charge on any atom is 0.103 e. The molecule has 0 aromatic heterocycles. The number of aliphatic hydroxyl groups excluding tert-OH is 2. The Morgan fingerprint density at radius 1 is 1.75 bits per heavy atom. The minimum absolute atomic E-state index is 0.0243. The summed E-state index contributed by atoms with van der Waals surface area (Å²) in [5.74, 6) is 0.383. The first-order chi connectivity index (χ1) is 5.69. The molecule has 4 atom stereocenters. The van der Waals surface area contributed by atoms with Gasteiger partial charge in [-0.2, -0.15) is 0 Å². The van der Waals surface area contributed by atoms with Gasteiger partial charge in [0, 0.05) is 0 Å². The van der Waals surface area contributed by atoms with Gasteiger partial charge < -0.3 is 14.9 Å². The summed E-state index contributed by atoms with van der Waals surface area (Å²) in [5, 5.41) is 18.0. The van der Waals surface area contributed by atoms with Crippen molar-refractivity contribution in [2.75, 3.05) is 6.61 Å². The molecular weight excluding hydrogens is 156 g/mol. The lowest BCUT2D eigenvalue weighted by molar-refractivity contribution is -0.0439. The van der Waals surface area contributed by atoms with Crippen LogP contribution in [0.15, 0.2) is 12.7 Å². The van der Waals surface area contributed by atoms with Gasteiger partial charge in [0.1, 0.15) is 6.10 Å². The number of hydrogen-bond donors (Lipinski definition) is 2. The molecule has 1 heterocycles. The third-order valence-corrected chi connectivity index (χ3v) is 2.35. The van der Waals surface area contributed by atoms with Crippen molar-refractivity contribution < 1.29 is 14.9 Å². The summed E-state index contributed by atoms with van der Waals surface area (Å²) in [6.07, 6.45) is 1.58. The van der Waals surface area contributed by atoms with E-state index in [1.807, 2.05) is 0 Å². The van der Waals surface area contributed by atoms with Crippen LogP contribution in [0.1, 0.15) is 13.3 Å². The Morgan fingerprint density at radius 2 is 2.42 bits per heavy atom. The number of hydrogen-bond acceptors (Lipinski definition) is 3. The summed E-state index contributed by atoms with van der Waals surface area (Å²) in [6, 6.07) is 0. The molecule has 0 aliphatic carbocycles. The van der Waals surface area contributed by atoms with Gasteiger partial charge in [-0.05, 0) is 12.3 Å². The highest BCUT2D eigenvalue weighted by Gasteiger charge is 2.33. The van der Waals surface area contributed by atoms with Crippen molar-refractivity contribution in [3.05, 3.63) is 12.7 Å². The molecule has 1 fully saturated rings. The lowest BCUT2D eigenvalue weighted by atomic mass is 10.00. The zero-order valence-corrected chi connectivity index (χ0v) is 7.31. The maximum atomic E-state index is 9.28. The predicted octanol–water partition coefficient (Wildman–Crippen LogP) is 0.319. The van der Waals surface area contributed by atoms with Crippen molar-refractivity contribution in [3.63, 3.8) is 0 Å². The predicted molar refractivity (Wildman–Crippen MR) is 45.7 cm³/mol. The molecule has 4 unspecified atom stereocenters. The molecule has 1 aliphatic heterocycles. The molecular formula is C9H16O3. The Labute approximate surface area is 72.7 Å². The molecule has 0 bridgehead atoms. The molecule has 3 nitrogen and oxygen atoms in total. The molecule has 3 heteroatoms. The topological polar surface area (TPSA) is 49.7 Å². The average Bonchev–Trinajstić information content (AvgIpc) is 2.45. The second-order valence-electron chi connectivity index (χ2n) is 3.34. The van der Waals surface area contributed by atoms with Gasteiger partial charge in [0.2, 0.25) is 0 Å². The normalized spacial score (nSPS) is 38.1. The first-order valence-corrected chi connectivity index (χ1v) is 4.26. The van der Waals surface area contributed by atoms with Crippen LogP contribution < -0.4 is 0 Å². The van der Waals surface area contributed by atoms with Crippen molar-refractivity contribution in [1.29, 1.82) is 0 Å². The van der Waals surface area contributed by atoms with Crippen LogP contribution in [0.3, 0.4) is 0 Å². The first-order valence-electron chi connectivity index (χ1n) is 4.26. The van der Waals surface area contributed by atoms with Gasteiger partial charge in [-0.3, -0.25) is 0 Å². The molecule has 2 N–H and O–H groups in total. The lowest BCUT2D eigenvalue weighted by Gasteiger charge is -2.15. The Kier molecular flexibility index (Phi) is 3.26. The Balaban J connectivity index is 2.47. The van der Waals surface area contributed by atoms with Gasteiger partial charge in [-0.15, -0.1) is 6.58 Å². The Morgan fingerprint density at radius 3 is 2.83 bits per heavy atom. The number of aliphatic hydroxyl groups is 2. The Bertz CT molecular complexity index is 158.